The number of rotatable bonds is 2. The van der Waals surface area contributed by atoms with Crippen molar-refractivity contribution in [3.8, 4) is 0 Å². The van der Waals surface area contributed by atoms with E-state index in [0.29, 0.717) is 11.9 Å². The van der Waals surface area contributed by atoms with Gasteiger partial charge in [-0.2, -0.15) is 0 Å². The van der Waals surface area contributed by atoms with Crippen molar-refractivity contribution in [2.45, 2.75) is 24.0 Å². The van der Waals surface area contributed by atoms with Crippen LogP contribution in [0.1, 0.15) is 12.8 Å². The van der Waals surface area contributed by atoms with Crippen LogP contribution in [0.3, 0.4) is 0 Å². The minimum Gasteiger partial charge on any atom is -0.383 e. The van der Waals surface area contributed by atoms with Crippen molar-refractivity contribution in [1.82, 2.24) is 9.97 Å². The van der Waals surface area contributed by atoms with E-state index in [1.54, 1.807) is 0 Å². The fourth-order valence-corrected chi connectivity index (χ4v) is 2.19. The van der Waals surface area contributed by atoms with Gasteiger partial charge < -0.3 is 16.4 Å². The molecule has 0 amide bonds. The Hall–Kier alpha value is -1.01. The standard InChI is InChI=1S/C10H17N5S/c1-16-10-13-8(12)6-9(14-10)15-4-2-7(11)3-5-15/h6-7H,2-5,11H2,1H3,(H2,12,13,14). The zero-order valence-electron chi connectivity index (χ0n) is 9.39. The number of aromatic nitrogens is 2. The van der Waals surface area contributed by atoms with Crippen LogP contribution in [0.25, 0.3) is 0 Å². The summed E-state index contributed by atoms with van der Waals surface area (Å²) in [7, 11) is 0. The summed E-state index contributed by atoms with van der Waals surface area (Å²) in [5.41, 5.74) is 11.6. The second kappa shape index (κ2) is 4.88. The molecule has 4 N–H and O–H groups in total. The summed E-state index contributed by atoms with van der Waals surface area (Å²) in [5.74, 6) is 1.45. The van der Waals surface area contributed by atoms with Gasteiger partial charge in [-0.1, -0.05) is 11.8 Å². The topological polar surface area (TPSA) is 81.1 Å². The van der Waals surface area contributed by atoms with E-state index in [0.717, 1.165) is 36.9 Å². The number of nitrogens with two attached hydrogens (primary N) is 2. The third-order valence-electron chi connectivity index (χ3n) is 2.76. The molecule has 0 atom stereocenters. The van der Waals surface area contributed by atoms with Crippen molar-refractivity contribution < 1.29 is 0 Å². The minimum atomic E-state index is 0.329. The van der Waals surface area contributed by atoms with E-state index in [4.69, 9.17) is 11.5 Å². The lowest BCUT2D eigenvalue weighted by Gasteiger charge is -2.31. The average Bonchev–Trinajstić information content (AvgIpc) is 2.29. The lowest BCUT2D eigenvalue weighted by Crippen LogP contribution is -2.40. The third kappa shape index (κ3) is 2.56. The highest BCUT2D eigenvalue weighted by atomic mass is 32.2. The quantitative estimate of drug-likeness (QED) is 0.584. The van der Waals surface area contributed by atoms with Crippen molar-refractivity contribution in [2.75, 3.05) is 30.0 Å². The lowest BCUT2D eigenvalue weighted by atomic mass is 10.1. The predicted octanol–water partition coefficient (Wildman–Crippen LogP) is 0.708. The molecule has 2 rings (SSSR count). The van der Waals surface area contributed by atoms with Gasteiger partial charge in [0.2, 0.25) is 0 Å². The van der Waals surface area contributed by atoms with Crippen molar-refractivity contribution in [3.05, 3.63) is 6.07 Å². The number of thioether (sulfide) groups is 1. The van der Waals surface area contributed by atoms with E-state index in [2.05, 4.69) is 14.9 Å². The molecule has 0 aliphatic carbocycles. The smallest absolute Gasteiger partial charge is 0.191 e. The number of piperidine rings is 1. The summed E-state index contributed by atoms with van der Waals surface area (Å²) < 4.78 is 0. The number of anilines is 2. The molecule has 0 spiro atoms. The summed E-state index contributed by atoms with van der Waals surface area (Å²) in [4.78, 5) is 10.8. The highest BCUT2D eigenvalue weighted by Gasteiger charge is 2.18. The maximum absolute atomic E-state index is 5.87. The molecule has 88 valence electrons. The van der Waals surface area contributed by atoms with Gasteiger partial charge in [0.15, 0.2) is 5.16 Å². The molecule has 0 aromatic carbocycles. The Morgan fingerprint density at radius 1 is 1.38 bits per heavy atom. The normalized spacial score (nSPS) is 17.8. The van der Waals surface area contributed by atoms with Crippen LogP contribution in [0.4, 0.5) is 11.6 Å². The van der Waals surface area contributed by atoms with Crippen molar-refractivity contribution in [2.24, 2.45) is 5.73 Å². The van der Waals surface area contributed by atoms with Crippen molar-refractivity contribution >= 4 is 23.4 Å². The summed E-state index contributed by atoms with van der Waals surface area (Å²) in [6.07, 6.45) is 3.97. The summed E-state index contributed by atoms with van der Waals surface area (Å²) in [6, 6.07) is 2.16. The average molecular weight is 239 g/mol. The Labute approximate surface area is 99.6 Å². The van der Waals surface area contributed by atoms with E-state index >= 15 is 0 Å². The maximum Gasteiger partial charge on any atom is 0.191 e. The molecule has 1 aromatic heterocycles. The first kappa shape index (κ1) is 11.5. The van der Waals surface area contributed by atoms with Crippen LogP contribution in [0.2, 0.25) is 0 Å². The molecular formula is C10H17N5S. The fraction of sp³-hybridized carbons (Fsp3) is 0.600. The SMILES string of the molecule is CSc1nc(N)cc(N2CCC(N)CC2)n1. The Balaban J connectivity index is 2.16. The largest absolute Gasteiger partial charge is 0.383 e. The zero-order valence-corrected chi connectivity index (χ0v) is 10.2. The predicted molar refractivity (Wildman–Crippen MR) is 67.6 cm³/mol. The van der Waals surface area contributed by atoms with Crippen LogP contribution < -0.4 is 16.4 Å². The van der Waals surface area contributed by atoms with E-state index in [1.165, 1.54) is 11.8 Å². The second-order valence-corrected chi connectivity index (χ2v) is 4.74. The number of hydrogen-bond acceptors (Lipinski definition) is 6. The molecule has 1 aliphatic heterocycles. The summed E-state index contributed by atoms with van der Waals surface area (Å²) in [5, 5.41) is 0.727. The van der Waals surface area contributed by atoms with Gasteiger partial charge in [-0.05, 0) is 19.1 Å². The Morgan fingerprint density at radius 2 is 2.06 bits per heavy atom. The molecule has 16 heavy (non-hydrogen) atoms. The molecule has 2 heterocycles. The molecule has 1 fully saturated rings. The molecule has 0 saturated carbocycles. The molecule has 1 aliphatic rings. The van der Waals surface area contributed by atoms with Gasteiger partial charge in [0, 0.05) is 25.2 Å². The Kier molecular flexibility index (Phi) is 3.50. The van der Waals surface area contributed by atoms with Crippen LogP contribution in [0, 0.1) is 0 Å². The van der Waals surface area contributed by atoms with Gasteiger partial charge in [0.1, 0.15) is 11.6 Å². The van der Waals surface area contributed by atoms with Gasteiger partial charge in [0.05, 0.1) is 0 Å². The van der Waals surface area contributed by atoms with Crippen LogP contribution >= 0.6 is 11.8 Å². The zero-order chi connectivity index (χ0) is 11.5. The molecule has 1 saturated heterocycles. The van der Waals surface area contributed by atoms with Crippen LogP contribution in [0.5, 0.6) is 0 Å². The monoisotopic (exact) mass is 239 g/mol. The van der Waals surface area contributed by atoms with Crippen molar-refractivity contribution in [3.63, 3.8) is 0 Å². The highest BCUT2D eigenvalue weighted by molar-refractivity contribution is 7.98. The van der Waals surface area contributed by atoms with Crippen LogP contribution in [-0.2, 0) is 0 Å². The summed E-state index contributed by atoms with van der Waals surface area (Å²) >= 11 is 1.51. The van der Waals surface area contributed by atoms with Gasteiger partial charge >= 0.3 is 0 Å². The van der Waals surface area contributed by atoms with E-state index in [1.807, 2.05) is 12.3 Å². The van der Waals surface area contributed by atoms with E-state index in [9.17, 15) is 0 Å². The first-order chi connectivity index (χ1) is 7.69. The Bertz CT molecular complexity index is 362. The molecule has 6 heteroatoms. The van der Waals surface area contributed by atoms with Gasteiger partial charge in [-0.25, -0.2) is 9.97 Å². The van der Waals surface area contributed by atoms with Crippen molar-refractivity contribution in [1.29, 1.82) is 0 Å². The second-order valence-electron chi connectivity index (χ2n) is 3.96. The molecular weight excluding hydrogens is 222 g/mol. The molecule has 0 radical (unpaired) electrons. The van der Waals surface area contributed by atoms with E-state index in [-0.39, 0.29) is 0 Å². The Morgan fingerprint density at radius 3 is 2.69 bits per heavy atom. The number of nitrogen functional groups attached to an aromatic ring is 1. The molecule has 0 bridgehead atoms. The van der Waals surface area contributed by atoms with E-state index < -0.39 is 0 Å². The van der Waals surface area contributed by atoms with Crippen LogP contribution in [0.15, 0.2) is 11.2 Å². The lowest BCUT2D eigenvalue weighted by molar-refractivity contribution is 0.497. The van der Waals surface area contributed by atoms with Gasteiger partial charge in [-0.3, -0.25) is 0 Å². The maximum atomic E-state index is 5.87. The highest BCUT2D eigenvalue weighted by Crippen LogP contribution is 2.21. The first-order valence-corrected chi connectivity index (χ1v) is 6.60. The third-order valence-corrected chi connectivity index (χ3v) is 3.31. The molecule has 0 unspecified atom stereocenters. The fourth-order valence-electron chi connectivity index (χ4n) is 1.81. The molecule has 5 nitrogen and oxygen atoms in total. The first-order valence-electron chi connectivity index (χ1n) is 5.38. The van der Waals surface area contributed by atoms with Gasteiger partial charge in [0.25, 0.3) is 0 Å². The summed E-state index contributed by atoms with van der Waals surface area (Å²) in [6.45, 7) is 1.90. The minimum absolute atomic E-state index is 0.329. The van der Waals surface area contributed by atoms with Gasteiger partial charge in [-0.15, -0.1) is 0 Å². The van der Waals surface area contributed by atoms with Crippen LogP contribution in [-0.4, -0.2) is 35.4 Å². The number of nitrogens with zero attached hydrogens (tertiary/aromatic N) is 3. The molecule has 1 aromatic rings. The number of hydrogen-bond donors (Lipinski definition) is 2.